The van der Waals surface area contributed by atoms with Crippen LogP contribution in [-0.2, 0) is 16.0 Å². The van der Waals surface area contributed by atoms with E-state index in [9.17, 15) is 14.4 Å². The van der Waals surface area contributed by atoms with Gasteiger partial charge in [0, 0.05) is 0 Å². The van der Waals surface area contributed by atoms with E-state index in [-0.39, 0.29) is 6.42 Å². The fraction of sp³-hybridized carbons (Fsp3) is 0.267. The fourth-order valence-electron chi connectivity index (χ4n) is 2.26. The molecule has 0 fully saturated rings. The minimum atomic E-state index is -0.955. The molecule has 1 aliphatic rings. The number of aryl methyl sites for hydroxylation is 1. The summed E-state index contributed by atoms with van der Waals surface area (Å²) in [6, 6.07) is 5.73. The summed E-state index contributed by atoms with van der Waals surface area (Å²) in [7, 11) is 0. The maximum absolute atomic E-state index is 12.2. The van der Waals surface area contributed by atoms with Crippen molar-refractivity contribution < 1.29 is 14.4 Å². The van der Waals surface area contributed by atoms with Gasteiger partial charge in [-0.05, 0) is 18.6 Å². The molecule has 2 aromatic rings. The van der Waals surface area contributed by atoms with Crippen molar-refractivity contribution in [3.8, 4) is 0 Å². The first-order chi connectivity index (χ1) is 11.6. The lowest BCUT2D eigenvalue weighted by molar-refractivity contribution is -0.122. The molecule has 124 valence electrons. The lowest BCUT2D eigenvalue weighted by Gasteiger charge is -2.13. The summed E-state index contributed by atoms with van der Waals surface area (Å²) in [5.74, 6) is -1.25. The molecule has 2 heterocycles. The number of amides is 3. The van der Waals surface area contributed by atoms with Crippen LogP contribution in [0.25, 0.3) is 0 Å². The number of carbonyl (C=O) groups is 3. The normalized spacial score (nSPS) is 16.6. The average Bonchev–Trinajstić information content (AvgIpc) is 2.97. The van der Waals surface area contributed by atoms with Crippen molar-refractivity contribution in [3.05, 3.63) is 34.8 Å². The number of benzene rings is 1. The van der Waals surface area contributed by atoms with E-state index in [1.165, 1.54) is 11.3 Å². The highest BCUT2D eigenvalue weighted by Gasteiger charge is 2.29. The van der Waals surface area contributed by atoms with Crippen LogP contribution in [0, 0.1) is 0 Å². The molecule has 0 radical (unpaired) electrons. The van der Waals surface area contributed by atoms with E-state index in [0.29, 0.717) is 16.4 Å². The molecular formula is C15H15N5O3S. The second-order valence-corrected chi connectivity index (χ2v) is 6.23. The lowest BCUT2D eigenvalue weighted by Crippen LogP contribution is -2.43. The van der Waals surface area contributed by atoms with Gasteiger partial charge in [0.1, 0.15) is 11.0 Å². The summed E-state index contributed by atoms with van der Waals surface area (Å²) in [5, 5.41) is 16.8. The first kappa shape index (κ1) is 16.1. The van der Waals surface area contributed by atoms with Gasteiger partial charge in [-0.2, -0.15) is 0 Å². The highest BCUT2D eigenvalue weighted by molar-refractivity contribution is 7.15. The van der Waals surface area contributed by atoms with E-state index in [1.54, 1.807) is 24.3 Å². The van der Waals surface area contributed by atoms with Crippen LogP contribution in [0.15, 0.2) is 24.3 Å². The van der Waals surface area contributed by atoms with E-state index in [0.717, 1.165) is 11.4 Å². The number of hydrogen-bond donors (Lipinski definition) is 3. The highest BCUT2D eigenvalue weighted by Crippen LogP contribution is 2.19. The van der Waals surface area contributed by atoms with Gasteiger partial charge in [-0.1, -0.05) is 30.4 Å². The van der Waals surface area contributed by atoms with E-state index >= 15 is 0 Å². The van der Waals surface area contributed by atoms with Gasteiger partial charge < -0.3 is 16.0 Å². The molecule has 0 aliphatic carbocycles. The van der Waals surface area contributed by atoms with Crippen molar-refractivity contribution in [1.82, 2.24) is 15.5 Å². The number of aromatic nitrogens is 2. The van der Waals surface area contributed by atoms with Crippen molar-refractivity contribution in [2.45, 2.75) is 25.8 Å². The quantitative estimate of drug-likeness (QED) is 0.770. The number of nitrogens with zero attached hydrogens (tertiary/aromatic N) is 2. The van der Waals surface area contributed by atoms with Gasteiger partial charge in [-0.25, -0.2) is 0 Å². The first-order valence-corrected chi connectivity index (χ1v) is 8.21. The number of nitrogens with one attached hydrogen (secondary N) is 3. The molecule has 3 amide bonds. The van der Waals surface area contributed by atoms with E-state index in [2.05, 4.69) is 26.1 Å². The van der Waals surface area contributed by atoms with E-state index in [4.69, 9.17) is 0 Å². The molecule has 9 heteroatoms. The Morgan fingerprint density at radius 2 is 2.08 bits per heavy atom. The van der Waals surface area contributed by atoms with E-state index < -0.39 is 23.8 Å². The summed E-state index contributed by atoms with van der Waals surface area (Å²) < 4.78 is 0. The SMILES string of the molecule is CCc1nnc(NC(=O)C[C@H]2NC(=O)c3ccccc3NC2=O)s1. The molecule has 1 aliphatic heterocycles. The Morgan fingerprint density at radius 3 is 2.83 bits per heavy atom. The summed E-state index contributed by atoms with van der Waals surface area (Å²) in [6.07, 6.45) is 0.541. The predicted octanol–water partition coefficient (Wildman–Crippen LogP) is 1.18. The standard InChI is InChI=1S/C15H15N5O3S/c1-2-12-19-20-15(24-12)18-11(21)7-10-14(23)16-9-6-4-3-5-8(9)13(22)17-10/h3-6,10H,2,7H2,1H3,(H,16,23)(H,17,22)(H,18,20,21)/t10-/m1/s1. The monoisotopic (exact) mass is 345 g/mol. The van der Waals surface area contributed by atoms with Crippen LogP contribution in [0.1, 0.15) is 28.7 Å². The topological polar surface area (TPSA) is 113 Å². The van der Waals surface area contributed by atoms with Crippen molar-refractivity contribution >= 4 is 39.9 Å². The molecule has 0 bridgehead atoms. The number of anilines is 2. The van der Waals surface area contributed by atoms with Crippen LogP contribution in [0.3, 0.4) is 0 Å². The molecule has 0 saturated heterocycles. The van der Waals surface area contributed by atoms with Crippen LogP contribution in [0.5, 0.6) is 0 Å². The smallest absolute Gasteiger partial charge is 0.254 e. The molecule has 1 aromatic heterocycles. The van der Waals surface area contributed by atoms with Gasteiger partial charge in [0.25, 0.3) is 5.91 Å². The van der Waals surface area contributed by atoms with Crippen LogP contribution >= 0.6 is 11.3 Å². The molecular weight excluding hydrogens is 330 g/mol. The zero-order chi connectivity index (χ0) is 17.1. The number of hydrogen-bond acceptors (Lipinski definition) is 6. The third-order valence-electron chi connectivity index (χ3n) is 3.46. The van der Waals surface area contributed by atoms with E-state index in [1.807, 2.05) is 6.92 Å². The van der Waals surface area contributed by atoms with Crippen LogP contribution in [-0.4, -0.2) is 34.0 Å². The number of para-hydroxylation sites is 1. The highest BCUT2D eigenvalue weighted by atomic mass is 32.1. The minimum absolute atomic E-state index is 0.188. The van der Waals surface area contributed by atoms with Gasteiger partial charge in [0.05, 0.1) is 17.7 Å². The summed E-state index contributed by atoms with van der Waals surface area (Å²) in [4.78, 5) is 36.5. The van der Waals surface area contributed by atoms with Gasteiger partial charge in [-0.15, -0.1) is 10.2 Å². The van der Waals surface area contributed by atoms with Gasteiger partial charge >= 0.3 is 0 Å². The second-order valence-electron chi connectivity index (χ2n) is 5.17. The van der Waals surface area contributed by atoms with Gasteiger partial charge in [0.15, 0.2) is 0 Å². The first-order valence-electron chi connectivity index (χ1n) is 7.39. The molecule has 24 heavy (non-hydrogen) atoms. The molecule has 0 unspecified atom stereocenters. The Hall–Kier alpha value is -2.81. The molecule has 1 atom stereocenters. The molecule has 3 N–H and O–H groups in total. The molecule has 1 aromatic carbocycles. The second kappa shape index (κ2) is 6.75. The van der Waals surface area contributed by atoms with Crippen molar-refractivity contribution in [2.24, 2.45) is 0 Å². The molecule has 0 spiro atoms. The van der Waals surface area contributed by atoms with Crippen molar-refractivity contribution in [3.63, 3.8) is 0 Å². The van der Waals surface area contributed by atoms with Crippen LogP contribution in [0.2, 0.25) is 0 Å². The average molecular weight is 345 g/mol. The lowest BCUT2D eigenvalue weighted by atomic mass is 10.1. The number of rotatable bonds is 4. The maximum atomic E-state index is 12.2. The Bertz CT molecular complexity index is 804. The summed E-state index contributed by atoms with van der Waals surface area (Å²) >= 11 is 1.28. The Morgan fingerprint density at radius 1 is 1.29 bits per heavy atom. The van der Waals surface area contributed by atoms with Gasteiger partial charge in [-0.3, -0.25) is 14.4 Å². The third kappa shape index (κ3) is 3.40. The predicted molar refractivity (Wildman–Crippen MR) is 88.9 cm³/mol. The summed E-state index contributed by atoms with van der Waals surface area (Å²) in [5.41, 5.74) is 0.796. The Kier molecular flexibility index (Phi) is 4.52. The maximum Gasteiger partial charge on any atom is 0.254 e. The Balaban J connectivity index is 1.68. The number of carbonyl (C=O) groups excluding carboxylic acids is 3. The van der Waals surface area contributed by atoms with Crippen LogP contribution in [0.4, 0.5) is 10.8 Å². The molecule has 3 rings (SSSR count). The summed E-state index contributed by atoms with van der Waals surface area (Å²) in [6.45, 7) is 1.94. The zero-order valence-electron chi connectivity index (χ0n) is 12.8. The zero-order valence-corrected chi connectivity index (χ0v) is 13.6. The van der Waals surface area contributed by atoms with Gasteiger partial charge in [0.2, 0.25) is 16.9 Å². The van der Waals surface area contributed by atoms with Crippen molar-refractivity contribution in [1.29, 1.82) is 0 Å². The third-order valence-corrected chi connectivity index (χ3v) is 4.44. The van der Waals surface area contributed by atoms with Crippen LogP contribution < -0.4 is 16.0 Å². The number of fused-ring (bicyclic) bond motifs is 1. The largest absolute Gasteiger partial charge is 0.340 e. The molecule has 0 saturated carbocycles. The fourth-order valence-corrected chi connectivity index (χ4v) is 2.95. The van der Waals surface area contributed by atoms with Crippen molar-refractivity contribution in [2.75, 3.05) is 10.6 Å². The molecule has 8 nitrogen and oxygen atoms in total. The minimum Gasteiger partial charge on any atom is -0.340 e. The Labute approximate surface area is 141 Å².